The highest BCUT2D eigenvalue weighted by atomic mass is 35.5. The van der Waals surface area contributed by atoms with Gasteiger partial charge in [0.25, 0.3) is 0 Å². The summed E-state index contributed by atoms with van der Waals surface area (Å²) in [6, 6.07) is 1.70. The maximum absolute atomic E-state index is 5.80. The van der Waals surface area contributed by atoms with Crippen LogP contribution < -0.4 is 5.73 Å². The number of nitrogens with two attached hydrogens (primary N) is 1. The van der Waals surface area contributed by atoms with Crippen LogP contribution in [0.25, 0.3) is 5.65 Å². The Morgan fingerprint density at radius 3 is 3.00 bits per heavy atom. The lowest BCUT2D eigenvalue weighted by molar-refractivity contribution is 1.19. The number of pyridine rings is 1. The third-order valence-corrected chi connectivity index (χ3v) is 1.87. The zero-order valence-corrected chi connectivity index (χ0v) is 7.34. The number of hydrogen-bond acceptors (Lipinski definition) is 2. The molecule has 0 unspecified atom stereocenters. The standard InChI is InChI=1S/C8H8ClN3/c1-5-3-12-4-6(9)2-7(10)8(12)11-5/h2-4H,10H2,1H3. The first-order chi connectivity index (χ1) is 5.66. The molecule has 0 amide bonds. The molecule has 2 N–H and O–H groups in total. The van der Waals surface area contributed by atoms with Gasteiger partial charge < -0.3 is 10.1 Å². The van der Waals surface area contributed by atoms with Gasteiger partial charge in [-0.25, -0.2) is 4.98 Å². The Morgan fingerprint density at radius 2 is 2.25 bits per heavy atom. The Kier molecular flexibility index (Phi) is 1.48. The molecular formula is C8H8ClN3. The largest absolute Gasteiger partial charge is 0.396 e. The Labute approximate surface area is 74.8 Å². The van der Waals surface area contributed by atoms with Crippen molar-refractivity contribution in [2.24, 2.45) is 0 Å². The smallest absolute Gasteiger partial charge is 0.160 e. The van der Waals surface area contributed by atoms with E-state index in [1.54, 1.807) is 12.3 Å². The second-order valence-corrected chi connectivity index (χ2v) is 3.16. The number of nitrogen functional groups attached to an aromatic ring is 1. The van der Waals surface area contributed by atoms with Gasteiger partial charge in [0, 0.05) is 12.4 Å². The summed E-state index contributed by atoms with van der Waals surface area (Å²) in [5, 5.41) is 0.623. The second kappa shape index (κ2) is 2.38. The van der Waals surface area contributed by atoms with Crippen LogP contribution in [0.5, 0.6) is 0 Å². The van der Waals surface area contributed by atoms with Gasteiger partial charge in [-0.2, -0.15) is 0 Å². The van der Waals surface area contributed by atoms with Gasteiger partial charge in [0.2, 0.25) is 0 Å². The maximum atomic E-state index is 5.80. The lowest BCUT2D eigenvalue weighted by Gasteiger charge is -1.97. The van der Waals surface area contributed by atoms with Gasteiger partial charge in [-0.05, 0) is 13.0 Å². The molecule has 2 heterocycles. The van der Waals surface area contributed by atoms with Gasteiger partial charge >= 0.3 is 0 Å². The molecule has 0 spiro atoms. The van der Waals surface area contributed by atoms with Gasteiger partial charge in [-0.15, -0.1) is 0 Å². The molecule has 0 aliphatic heterocycles. The van der Waals surface area contributed by atoms with E-state index in [9.17, 15) is 0 Å². The molecule has 0 bridgehead atoms. The van der Waals surface area contributed by atoms with Crippen molar-refractivity contribution < 1.29 is 0 Å². The summed E-state index contributed by atoms with van der Waals surface area (Å²) >= 11 is 5.80. The predicted octanol–water partition coefficient (Wildman–Crippen LogP) is 1.88. The highest BCUT2D eigenvalue weighted by molar-refractivity contribution is 6.30. The van der Waals surface area contributed by atoms with E-state index in [4.69, 9.17) is 17.3 Å². The summed E-state index contributed by atoms with van der Waals surface area (Å²) in [7, 11) is 0. The number of rotatable bonds is 0. The van der Waals surface area contributed by atoms with Gasteiger partial charge in [-0.1, -0.05) is 11.6 Å². The lowest BCUT2D eigenvalue weighted by atomic mass is 10.4. The molecule has 62 valence electrons. The Morgan fingerprint density at radius 1 is 1.50 bits per heavy atom. The number of fused-ring (bicyclic) bond motifs is 1. The number of aromatic nitrogens is 2. The molecule has 3 nitrogen and oxygen atoms in total. The van der Waals surface area contributed by atoms with Gasteiger partial charge in [0.1, 0.15) is 0 Å². The summed E-state index contributed by atoms with van der Waals surface area (Å²) in [4.78, 5) is 4.23. The molecule has 0 saturated carbocycles. The molecule has 0 fully saturated rings. The molecule has 2 aromatic rings. The molecular weight excluding hydrogens is 174 g/mol. The fourth-order valence-corrected chi connectivity index (χ4v) is 1.43. The highest BCUT2D eigenvalue weighted by Gasteiger charge is 2.02. The zero-order chi connectivity index (χ0) is 8.72. The topological polar surface area (TPSA) is 43.3 Å². The van der Waals surface area contributed by atoms with E-state index < -0.39 is 0 Å². The fourth-order valence-electron chi connectivity index (χ4n) is 1.21. The normalized spacial score (nSPS) is 10.8. The van der Waals surface area contributed by atoms with E-state index in [1.807, 2.05) is 17.5 Å². The summed E-state index contributed by atoms with van der Waals surface area (Å²) in [5.74, 6) is 0. The first-order valence-corrected chi connectivity index (χ1v) is 3.95. The molecule has 4 heteroatoms. The van der Waals surface area contributed by atoms with Crippen LogP contribution in [0.4, 0.5) is 5.69 Å². The third kappa shape index (κ3) is 1.02. The van der Waals surface area contributed by atoms with Crippen molar-refractivity contribution >= 4 is 22.9 Å². The molecule has 2 aromatic heterocycles. The molecule has 0 aromatic carbocycles. The first-order valence-electron chi connectivity index (χ1n) is 3.57. The van der Waals surface area contributed by atoms with Crippen LogP contribution >= 0.6 is 11.6 Å². The van der Waals surface area contributed by atoms with Crippen LogP contribution in [0.15, 0.2) is 18.5 Å². The number of halogens is 1. The minimum absolute atomic E-state index is 0.607. The molecule has 2 rings (SSSR count). The van der Waals surface area contributed by atoms with Crippen LogP contribution in [0.3, 0.4) is 0 Å². The monoisotopic (exact) mass is 181 g/mol. The van der Waals surface area contributed by atoms with E-state index in [2.05, 4.69) is 4.98 Å². The number of imidazole rings is 1. The van der Waals surface area contributed by atoms with E-state index >= 15 is 0 Å². The SMILES string of the molecule is Cc1cn2cc(Cl)cc(N)c2n1. The highest BCUT2D eigenvalue weighted by Crippen LogP contribution is 2.18. The van der Waals surface area contributed by atoms with Crippen molar-refractivity contribution in [3.63, 3.8) is 0 Å². The maximum Gasteiger partial charge on any atom is 0.160 e. The van der Waals surface area contributed by atoms with Crippen molar-refractivity contribution in [3.05, 3.63) is 29.2 Å². The van der Waals surface area contributed by atoms with Crippen LogP contribution in [-0.2, 0) is 0 Å². The molecule has 0 aliphatic carbocycles. The summed E-state index contributed by atoms with van der Waals surface area (Å²) in [6.07, 6.45) is 3.67. The van der Waals surface area contributed by atoms with E-state index in [0.717, 1.165) is 11.3 Å². The molecule has 0 atom stereocenters. The Balaban J connectivity index is 2.88. The zero-order valence-electron chi connectivity index (χ0n) is 6.58. The van der Waals surface area contributed by atoms with Crippen molar-refractivity contribution in [2.45, 2.75) is 6.92 Å². The van der Waals surface area contributed by atoms with Crippen LogP contribution in [0, 0.1) is 6.92 Å². The number of nitrogens with zero attached hydrogens (tertiary/aromatic N) is 2. The van der Waals surface area contributed by atoms with E-state index in [0.29, 0.717) is 10.7 Å². The lowest BCUT2D eigenvalue weighted by Crippen LogP contribution is -1.91. The van der Waals surface area contributed by atoms with Crippen LogP contribution in [0.1, 0.15) is 5.69 Å². The average molecular weight is 182 g/mol. The van der Waals surface area contributed by atoms with Crippen LogP contribution in [0.2, 0.25) is 5.02 Å². The summed E-state index contributed by atoms with van der Waals surface area (Å²) in [6.45, 7) is 1.92. The van der Waals surface area contributed by atoms with E-state index in [1.165, 1.54) is 0 Å². The summed E-state index contributed by atoms with van der Waals surface area (Å²) in [5.41, 5.74) is 8.00. The minimum atomic E-state index is 0.607. The number of anilines is 1. The van der Waals surface area contributed by atoms with Crippen LogP contribution in [-0.4, -0.2) is 9.38 Å². The summed E-state index contributed by atoms with van der Waals surface area (Å²) < 4.78 is 1.83. The van der Waals surface area contributed by atoms with Gasteiger partial charge in [-0.3, -0.25) is 0 Å². The minimum Gasteiger partial charge on any atom is -0.396 e. The average Bonchev–Trinajstić information content (AvgIpc) is 2.29. The van der Waals surface area contributed by atoms with Crippen molar-refractivity contribution in [3.8, 4) is 0 Å². The van der Waals surface area contributed by atoms with Crippen molar-refractivity contribution in [1.29, 1.82) is 0 Å². The Bertz CT molecular complexity index is 433. The quantitative estimate of drug-likeness (QED) is 0.675. The van der Waals surface area contributed by atoms with Gasteiger partial charge in [0.15, 0.2) is 5.65 Å². The predicted molar refractivity (Wildman–Crippen MR) is 49.4 cm³/mol. The second-order valence-electron chi connectivity index (χ2n) is 2.73. The van der Waals surface area contributed by atoms with Crippen molar-refractivity contribution in [2.75, 3.05) is 5.73 Å². The van der Waals surface area contributed by atoms with E-state index in [-0.39, 0.29) is 0 Å². The van der Waals surface area contributed by atoms with Gasteiger partial charge in [0.05, 0.1) is 16.4 Å². The fraction of sp³-hybridized carbons (Fsp3) is 0.125. The number of hydrogen-bond donors (Lipinski definition) is 1. The number of aryl methyl sites for hydroxylation is 1. The molecule has 0 radical (unpaired) electrons. The Hall–Kier alpha value is -1.22. The molecule has 0 saturated heterocycles. The first kappa shape index (κ1) is 7.43. The molecule has 12 heavy (non-hydrogen) atoms. The van der Waals surface area contributed by atoms with Crippen molar-refractivity contribution in [1.82, 2.24) is 9.38 Å². The third-order valence-electron chi connectivity index (χ3n) is 1.67. The molecule has 0 aliphatic rings.